The Kier molecular flexibility index (Phi) is 2.23. The van der Waals surface area contributed by atoms with E-state index in [0.717, 1.165) is 23.3 Å². The molecule has 2 aromatic heterocycles. The Morgan fingerprint density at radius 2 is 1.90 bits per heavy atom. The highest BCUT2D eigenvalue weighted by Crippen LogP contribution is 2.65. The number of aromatic nitrogens is 4. The smallest absolute Gasteiger partial charge is 0.178 e. The summed E-state index contributed by atoms with van der Waals surface area (Å²) in [5.41, 5.74) is 1.49. The molecule has 110 valence electrons. The first kappa shape index (κ1) is 12.4. The second kappa shape index (κ2) is 3.78. The van der Waals surface area contributed by atoms with Gasteiger partial charge in [-0.15, -0.1) is 10.2 Å². The summed E-state index contributed by atoms with van der Waals surface area (Å²) in [4.78, 5) is 0. The van der Waals surface area contributed by atoms with Gasteiger partial charge in [0.2, 0.25) is 0 Å². The Hall–Kier alpha value is -1.16. The summed E-state index contributed by atoms with van der Waals surface area (Å²) in [6.45, 7) is 2.48. The van der Waals surface area contributed by atoms with E-state index in [-0.39, 0.29) is 5.41 Å². The van der Waals surface area contributed by atoms with Gasteiger partial charge in [-0.2, -0.15) is 9.61 Å². The lowest BCUT2D eigenvalue weighted by Crippen LogP contribution is -2.53. The molecular weight excluding hydrogens is 284 g/mol. The van der Waals surface area contributed by atoms with Crippen LogP contribution in [0.25, 0.3) is 5.65 Å². The van der Waals surface area contributed by atoms with E-state index in [1.165, 1.54) is 38.5 Å². The van der Waals surface area contributed by atoms with E-state index in [1.54, 1.807) is 6.07 Å². The summed E-state index contributed by atoms with van der Waals surface area (Å²) in [6, 6.07) is 3.70. The second-order valence-electron chi connectivity index (χ2n) is 8.00. The molecule has 4 bridgehead atoms. The fraction of sp³-hybridized carbons (Fsp3) is 0.688. The predicted molar refractivity (Wildman–Crippen MR) is 80.3 cm³/mol. The Labute approximate surface area is 128 Å². The SMILES string of the molecule is CC12CC3CC(C1)CC(c1nnc4ccc(Cl)nn14)(C3)C2. The third-order valence-electron chi connectivity index (χ3n) is 6.06. The topological polar surface area (TPSA) is 43.1 Å². The lowest BCUT2D eigenvalue weighted by molar-refractivity contribution is -0.0655. The number of fused-ring (bicyclic) bond motifs is 1. The van der Waals surface area contributed by atoms with Gasteiger partial charge in [0, 0.05) is 5.41 Å². The van der Waals surface area contributed by atoms with Crippen molar-refractivity contribution in [2.75, 3.05) is 0 Å². The molecule has 2 unspecified atom stereocenters. The number of hydrogen-bond donors (Lipinski definition) is 0. The normalized spacial score (nSPS) is 41.0. The van der Waals surface area contributed by atoms with E-state index in [4.69, 9.17) is 11.6 Å². The zero-order valence-electron chi connectivity index (χ0n) is 12.2. The van der Waals surface area contributed by atoms with Crippen molar-refractivity contribution in [3.63, 3.8) is 0 Å². The Bertz CT molecular complexity index is 723. The van der Waals surface area contributed by atoms with Crippen LogP contribution in [-0.4, -0.2) is 19.8 Å². The molecule has 21 heavy (non-hydrogen) atoms. The number of hydrogen-bond acceptors (Lipinski definition) is 3. The summed E-state index contributed by atoms with van der Waals surface area (Å²) in [5, 5.41) is 13.9. The van der Waals surface area contributed by atoms with Crippen molar-refractivity contribution in [3.05, 3.63) is 23.1 Å². The molecule has 4 aliphatic rings. The van der Waals surface area contributed by atoms with Crippen molar-refractivity contribution in [1.29, 1.82) is 0 Å². The number of rotatable bonds is 1. The molecule has 2 atom stereocenters. The summed E-state index contributed by atoms with van der Waals surface area (Å²) in [5.74, 6) is 2.78. The maximum Gasteiger partial charge on any atom is 0.178 e. The zero-order valence-corrected chi connectivity index (χ0v) is 13.0. The second-order valence-corrected chi connectivity index (χ2v) is 8.39. The van der Waals surface area contributed by atoms with Crippen LogP contribution < -0.4 is 0 Å². The van der Waals surface area contributed by atoms with Crippen LogP contribution >= 0.6 is 11.6 Å². The first-order valence-electron chi connectivity index (χ1n) is 7.94. The molecule has 4 saturated carbocycles. The largest absolute Gasteiger partial charge is 0.195 e. The summed E-state index contributed by atoms with van der Waals surface area (Å²) < 4.78 is 1.90. The van der Waals surface area contributed by atoms with Gasteiger partial charge in [0.25, 0.3) is 0 Å². The van der Waals surface area contributed by atoms with Crippen LogP contribution in [0.2, 0.25) is 5.15 Å². The summed E-state index contributed by atoms with van der Waals surface area (Å²) in [6.07, 6.45) is 7.97. The van der Waals surface area contributed by atoms with Crippen LogP contribution in [-0.2, 0) is 5.41 Å². The molecular formula is C16H19ClN4. The Morgan fingerprint density at radius 3 is 2.62 bits per heavy atom. The molecule has 4 aliphatic carbocycles. The van der Waals surface area contributed by atoms with Gasteiger partial charge in [0.1, 0.15) is 5.15 Å². The van der Waals surface area contributed by atoms with Gasteiger partial charge in [-0.1, -0.05) is 18.5 Å². The minimum atomic E-state index is 0.177. The lowest BCUT2D eigenvalue weighted by Gasteiger charge is -2.60. The fourth-order valence-electron chi connectivity index (χ4n) is 6.08. The number of halogens is 1. The van der Waals surface area contributed by atoms with Gasteiger partial charge in [-0.05, 0) is 67.9 Å². The Morgan fingerprint density at radius 1 is 1.14 bits per heavy atom. The standard InChI is InChI=1S/C16H19ClN4/c1-15-5-10-4-11(6-15)8-16(7-10,9-15)14-19-18-13-3-2-12(17)20-21(13)14/h2-3,10-11H,4-9H2,1H3. The fourth-order valence-corrected chi connectivity index (χ4v) is 6.22. The van der Waals surface area contributed by atoms with Crippen molar-refractivity contribution in [3.8, 4) is 0 Å². The maximum absolute atomic E-state index is 6.10. The molecule has 2 heterocycles. The van der Waals surface area contributed by atoms with Crippen molar-refractivity contribution in [1.82, 2.24) is 19.8 Å². The molecule has 0 aliphatic heterocycles. The van der Waals surface area contributed by atoms with Gasteiger partial charge in [-0.25, -0.2) is 0 Å². The molecule has 6 rings (SSSR count). The van der Waals surface area contributed by atoms with Crippen molar-refractivity contribution < 1.29 is 0 Å². The first-order valence-corrected chi connectivity index (χ1v) is 8.32. The monoisotopic (exact) mass is 302 g/mol. The average Bonchev–Trinajstić information content (AvgIpc) is 2.79. The molecule has 0 aromatic carbocycles. The van der Waals surface area contributed by atoms with Crippen LogP contribution in [0.1, 0.15) is 51.3 Å². The summed E-state index contributed by atoms with van der Waals surface area (Å²) in [7, 11) is 0. The maximum atomic E-state index is 6.10. The highest BCUT2D eigenvalue weighted by Gasteiger charge is 2.58. The van der Waals surface area contributed by atoms with Crippen LogP contribution in [0.3, 0.4) is 0 Å². The van der Waals surface area contributed by atoms with E-state index in [1.807, 2.05) is 10.6 Å². The van der Waals surface area contributed by atoms with Gasteiger partial charge in [0.05, 0.1) is 0 Å². The first-order chi connectivity index (χ1) is 10.1. The highest BCUT2D eigenvalue weighted by atomic mass is 35.5. The van der Waals surface area contributed by atoms with E-state index < -0.39 is 0 Å². The zero-order chi connectivity index (χ0) is 14.2. The van der Waals surface area contributed by atoms with E-state index in [9.17, 15) is 0 Å². The summed E-state index contributed by atoms with van der Waals surface area (Å²) >= 11 is 6.10. The molecule has 0 amide bonds. The Balaban J connectivity index is 1.70. The van der Waals surface area contributed by atoms with Crippen molar-refractivity contribution in [2.45, 2.75) is 50.9 Å². The molecule has 0 spiro atoms. The van der Waals surface area contributed by atoms with Crippen molar-refractivity contribution >= 4 is 17.2 Å². The third kappa shape index (κ3) is 1.65. The molecule has 4 fully saturated rings. The minimum Gasteiger partial charge on any atom is -0.195 e. The molecule has 5 heteroatoms. The molecule has 4 nitrogen and oxygen atoms in total. The van der Waals surface area contributed by atoms with E-state index >= 15 is 0 Å². The third-order valence-corrected chi connectivity index (χ3v) is 6.26. The van der Waals surface area contributed by atoms with E-state index in [0.29, 0.717) is 10.6 Å². The molecule has 0 radical (unpaired) electrons. The highest BCUT2D eigenvalue weighted by molar-refractivity contribution is 6.29. The lowest BCUT2D eigenvalue weighted by atomic mass is 9.44. The van der Waals surface area contributed by atoms with Gasteiger partial charge in [-0.3, -0.25) is 0 Å². The quantitative estimate of drug-likeness (QED) is 0.808. The van der Waals surface area contributed by atoms with Crippen LogP contribution in [0.4, 0.5) is 0 Å². The molecule has 0 saturated heterocycles. The van der Waals surface area contributed by atoms with Crippen LogP contribution in [0.15, 0.2) is 12.1 Å². The van der Waals surface area contributed by atoms with Crippen LogP contribution in [0.5, 0.6) is 0 Å². The average molecular weight is 303 g/mol. The minimum absolute atomic E-state index is 0.177. The van der Waals surface area contributed by atoms with Gasteiger partial charge < -0.3 is 0 Å². The molecule has 2 aromatic rings. The van der Waals surface area contributed by atoms with Gasteiger partial charge >= 0.3 is 0 Å². The molecule has 0 N–H and O–H groups in total. The van der Waals surface area contributed by atoms with Crippen LogP contribution in [0, 0.1) is 17.3 Å². The van der Waals surface area contributed by atoms with Gasteiger partial charge in [0.15, 0.2) is 11.5 Å². The number of nitrogens with zero attached hydrogens (tertiary/aromatic N) is 4. The predicted octanol–water partition coefficient (Wildman–Crippen LogP) is 3.64. The van der Waals surface area contributed by atoms with E-state index in [2.05, 4.69) is 22.2 Å². The van der Waals surface area contributed by atoms with Crippen molar-refractivity contribution in [2.24, 2.45) is 17.3 Å².